The molecule has 0 radical (unpaired) electrons. The van der Waals surface area contributed by atoms with Crippen LogP contribution in [0.5, 0.6) is 0 Å². The summed E-state index contributed by atoms with van der Waals surface area (Å²) in [7, 11) is 0. The van der Waals surface area contributed by atoms with Crippen LogP contribution in [-0.4, -0.2) is 38.4 Å². The minimum absolute atomic E-state index is 0.229. The summed E-state index contributed by atoms with van der Waals surface area (Å²) in [5.74, 6) is 0.506. The summed E-state index contributed by atoms with van der Waals surface area (Å²) >= 11 is 0. The first-order valence-corrected chi connectivity index (χ1v) is 8.20. The predicted molar refractivity (Wildman–Crippen MR) is 83.6 cm³/mol. The van der Waals surface area contributed by atoms with E-state index in [2.05, 4.69) is 12.2 Å². The molecule has 3 rings (SSSR count). The number of hydrogen-bond donors (Lipinski definition) is 1. The molecule has 1 aromatic carbocycles. The third kappa shape index (κ3) is 3.80. The Morgan fingerprint density at radius 2 is 2.04 bits per heavy atom. The number of benzene rings is 1. The number of halogens is 3. The first-order valence-electron chi connectivity index (χ1n) is 8.20. The van der Waals surface area contributed by atoms with Crippen LogP contribution in [0.15, 0.2) is 24.3 Å². The number of hydrogen-bond acceptors (Lipinski definition) is 3. The summed E-state index contributed by atoms with van der Waals surface area (Å²) in [6.45, 7) is 5.00. The Kier molecular flexibility index (Phi) is 4.82. The zero-order valence-electron chi connectivity index (χ0n) is 13.3. The van der Waals surface area contributed by atoms with Gasteiger partial charge in [0.25, 0.3) is 0 Å². The normalized spacial score (nSPS) is 26.7. The first-order chi connectivity index (χ1) is 10.9. The van der Waals surface area contributed by atoms with Crippen molar-refractivity contribution in [1.29, 1.82) is 0 Å². The van der Waals surface area contributed by atoms with Gasteiger partial charge in [-0.05, 0) is 37.8 Å². The summed E-state index contributed by atoms with van der Waals surface area (Å²) in [6.07, 6.45) is -2.39. The van der Waals surface area contributed by atoms with Crippen LogP contribution in [0, 0.1) is 5.92 Å². The lowest BCUT2D eigenvalue weighted by Gasteiger charge is -2.26. The zero-order valence-corrected chi connectivity index (χ0v) is 13.3. The summed E-state index contributed by atoms with van der Waals surface area (Å²) in [4.78, 5) is 1.85. The van der Waals surface area contributed by atoms with E-state index in [0.717, 1.165) is 32.1 Å². The highest BCUT2D eigenvalue weighted by molar-refractivity contribution is 5.55. The highest BCUT2D eigenvalue weighted by Gasteiger charge is 2.36. The molecule has 3 nitrogen and oxygen atoms in total. The molecule has 1 aromatic rings. The van der Waals surface area contributed by atoms with E-state index in [1.165, 1.54) is 6.07 Å². The van der Waals surface area contributed by atoms with Crippen LogP contribution in [-0.2, 0) is 10.9 Å². The molecule has 2 fully saturated rings. The van der Waals surface area contributed by atoms with Gasteiger partial charge in [0.15, 0.2) is 0 Å². The Morgan fingerprint density at radius 1 is 1.26 bits per heavy atom. The minimum Gasteiger partial charge on any atom is -0.381 e. The van der Waals surface area contributed by atoms with Crippen molar-refractivity contribution in [1.82, 2.24) is 5.32 Å². The molecular formula is C17H23F3N2O. The Labute approximate surface area is 134 Å². The number of nitrogens with one attached hydrogen (secondary N) is 1. The van der Waals surface area contributed by atoms with Crippen molar-refractivity contribution in [2.24, 2.45) is 5.92 Å². The fraction of sp³-hybridized carbons (Fsp3) is 0.647. The molecule has 1 N–H and O–H groups in total. The second kappa shape index (κ2) is 6.69. The van der Waals surface area contributed by atoms with Gasteiger partial charge in [0.2, 0.25) is 0 Å². The lowest BCUT2D eigenvalue weighted by Crippen LogP contribution is -2.42. The van der Waals surface area contributed by atoms with Crippen molar-refractivity contribution in [2.75, 3.05) is 31.2 Å². The summed E-state index contributed by atoms with van der Waals surface area (Å²) in [5.41, 5.74) is -0.251. The Morgan fingerprint density at radius 3 is 2.74 bits per heavy atom. The van der Waals surface area contributed by atoms with E-state index >= 15 is 0 Å². The van der Waals surface area contributed by atoms with E-state index in [1.54, 1.807) is 12.1 Å². The van der Waals surface area contributed by atoms with Gasteiger partial charge in [0.1, 0.15) is 0 Å². The van der Waals surface area contributed by atoms with Crippen molar-refractivity contribution >= 4 is 5.69 Å². The second-order valence-corrected chi connectivity index (χ2v) is 6.53. The molecule has 2 aliphatic rings. The molecule has 0 aromatic heterocycles. The average Bonchev–Trinajstić information content (AvgIpc) is 3.18. The summed E-state index contributed by atoms with van der Waals surface area (Å²) < 4.78 is 44.9. The van der Waals surface area contributed by atoms with Crippen molar-refractivity contribution in [3.8, 4) is 0 Å². The van der Waals surface area contributed by atoms with E-state index in [0.29, 0.717) is 30.7 Å². The fourth-order valence-electron chi connectivity index (χ4n) is 3.56. The molecule has 3 atom stereocenters. The molecule has 0 bridgehead atoms. The molecular weight excluding hydrogens is 305 g/mol. The highest BCUT2D eigenvalue weighted by Crippen LogP contribution is 2.37. The van der Waals surface area contributed by atoms with Crippen LogP contribution in [0.2, 0.25) is 0 Å². The molecule has 0 spiro atoms. The van der Waals surface area contributed by atoms with Crippen molar-refractivity contribution in [3.05, 3.63) is 29.8 Å². The maximum atomic E-state index is 13.2. The standard InChI is InChI=1S/C17H23F3N2O/c1-12(13-7-9-23-11-13)21-14-6-8-22(10-14)16-5-3-2-4-15(16)17(18,19)20/h2-5,12-14,21H,6-11H2,1H3/t12-,13-,14-/m0/s1. The number of ether oxygens (including phenoxy) is 1. The number of anilines is 1. The van der Waals surface area contributed by atoms with E-state index in [-0.39, 0.29) is 6.04 Å². The van der Waals surface area contributed by atoms with Crippen molar-refractivity contribution in [3.63, 3.8) is 0 Å². The fourth-order valence-corrected chi connectivity index (χ4v) is 3.56. The molecule has 23 heavy (non-hydrogen) atoms. The van der Waals surface area contributed by atoms with Gasteiger partial charge in [-0.3, -0.25) is 0 Å². The molecule has 0 amide bonds. The van der Waals surface area contributed by atoms with Gasteiger partial charge in [-0.2, -0.15) is 13.2 Å². The number of nitrogens with zero attached hydrogens (tertiary/aromatic N) is 1. The summed E-state index contributed by atoms with van der Waals surface area (Å²) in [6, 6.07) is 6.41. The SMILES string of the molecule is C[C@H](N[C@H]1CCN(c2ccccc2C(F)(F)F)C1)[C@H]1CCOC1. The Bertz CT molecular complexity index is 529. The maximum absolute atomic E-state index is 13.2. The number of alkyl halides is 3. The lowest BCUT2D eigenvalue weighted by molar-refractivity contribution is -0.137. The summed E-state index contributed by atoms with van der Waals surface area (Å²) in [5, 5.41) is 3.58. The quantitative estimate of drug-likeness (QED) is 0.918. The molecule has 2 heterocycles. The van der Waals surface area contributed by atoms with Gasteiger partial charge in [0, 0.05) is 37.5 Å². The lowest BCUT2D eigenvalue weighted by atomic mass is 10.00. The average molecular weight is 328 g/mol. The van der Waals surface area contributed by atoms with E-state index in [9.17, 15) is 13.2 Å². The largest absolute Gasteiger partial charge is 0.418 e. The van der Waals surface area contributed by atoms with Gasteiger partial charge >= 0.3 is 6.18 Å². The van der Waals surface area contributed by atoms with Crippen LogP contribution in [0.1, 0.15) is 25.3 Å². The van der Waals surface area contributed by atoms with Crippen molar-refractivity contribution < 1.29 is 17.9 Å². The molecule has 0 aliphatic carbocycles. The first kappa shape index (κ1) is 16.6. The van der Waals surface area contributed by atoms with Crippen LogP contribution in [0.3, 0.4) is 0 Å². The van der Waals surface area contributed by atoms with E-state index < -0.39 is 11.7 Å². The molecule has 6 heteroatoms. The monoisotopic (exact) mass is 328 g/mol. The van der Waals surface area contributed by atoms with Gasteiger partial charge in [0.05, 0.1) is 12.2 Å². The topological polar surface area (TPSA) is 24.5 Å². The third-order valence-corrected chi connectivity index (χ3v) is 4.91. The molecule has 0 saturated carbocycles. The van der Waals surface area contributed by atoms with Crippen LogP contribution >= 0.6 is 0 Å². The van der Waals surface area contributed by atoms with Gasteiger partial charge in [-0.1, -0.05) is 12.1 Å². The Hall–Kier alpha value is -1.27. The highest BCUT2D eigenvalue weighted by atomic mass is 19.4. The smallest absolute Gasteiger partial charge is 0.381 e. The molecule has 128 valence electrons. The van der Waals surface area contributed by atoms with Gasteiger partial charge < -0.3 is 15.0 Å². The maximum Gasteiger partial charge on any atom is 0.418 e. The van der Waals surface area contributed by atoms with E-state index in [4.69, 9.17) is 4.74 Å². The van der Waals surface area contributed by atoms with Crippen LogP contribution < -0.4 is 10.2 Å². The molecule has 0 unspecified atom stereocenters. The predicted octanol–water partition coefficient (Wildman–Crippen LogP) is 3.30. The molecule has 2 saturated heterocycles. The van der Waals surface area contributed by atoms with Crippen LogP contribution in [0.4, 0.5) is 18.9 Å². The second-order valence-electron chi connectivity index (χ2n) is 6.53. The van der Waals surface area contributed by atoms with Crippen molar-refractivity contribution in [2.45, 2.75) is 38.0 Å². The number of para-hydroxylation sites is 1. The molecule has 2 aliphatic heterocycles. The van der Waals surface area contributed by atoms with Gasteiger partial charge in [-0.25, -0.2) is 0 Å². The Balaban J connectivity index is 1.64. The minimum atomic E-state index is -4.31. The number of rotatable bonds is 4. The third-order valence-electron chi connectivity index (χ3n) is 4.91. The zero-order chi connectivity index (χ0) is 16.4. The van der Waals surface area contributed by atoms with E-state index in [1.807, 2.05) is 4.90 Å². The van der Waals surface area contributed by atoms with Crippen LogP contribution in [0.25, 0.3) is 0 Å². The van der Waals surface area contributed by atoms with Gasteiger partial charge in [-0.15, -0.1) is 0 Å².